The maximum Gasteiger partial charge on any atom is 0.272 e. The third-order valence-electron chi connectivity index (χ3n) is 4.23. The Balaban J connectivity index is 1.33. The lowest BCUT2D eigenvalue weighted by Gasteiger charge is -2.05. The van der Waals surface area contributed by atoms with Crippen molar-refractivity contribution in [2.75, 3.05) is 0 Å². The lowest BCUT2D eigenvalue weighted by Crippen LogP contribution is -2.23. The summed E-state index contributed by atoms with van der Waals surface area (Å²) >= 11 is 1.68. The van der Waals surface area contributed by atoms with Gasteiger partial charge in [-0.1, -0.05) is 30.3 Å². The van der Waals surface area contributed by atoms with Crippen molar-refractivity contribution in [3.8, 4) is 5.88 Å². The zero-order chi connectivity index (χ0) is 17.9. The van der Waals surface area contributed by atoms with Gasteiger partial charge in [0.2, 0.25) is 5.88 Å². The second-order valence-electron chi connectivity index (χ2n) is 6.40. The first-order valence-electron chi connectivity index (χ1n) is 8.62. The summed E-state index contributed by atoms with van der Waals surface area (Å²) in [5, 5.41) is 10.3. The smallest absolute Gasteiger partial charge is 0.272 e. The number of hydrogen-bond donors (Lipinski definition) is 1. The Morgan fingerprint density at radius 1 is 1.35 bits per heavy atom. The normalized spacial score (nSPS) is 13.6. The molecule has 1 aliphatic rings. The van der Waals surface area contributed by atoms with Crippen LogP contribution in [0.5, 0.6) is 5.88 Å². The van der Waals surface area contributed by atoms with Crippen molar-refractivity contribution in [3.05, 3.63) is 63.7 Å². The summed E-state index contributed by atoms with van der Waals surface area (Å²) in [4.78, 5) is 16.9. The van der Waals surface area contributed by atoms with Gasteiger partial charge in [0.1, 0.15) is 6.61 Å². The van der Waals surface area contributed by atoms with Crippen molar-refractivity contribution in [3.63, 3.8) is 0 Å². The fourth-order valence-electron chi connectivity index (χ4n) is 2.61. The Morgan fingerprint density at radius 3 is 2.92 bits per heavy atom. The number of hydrogen-bond acceptors (Lipinski definition) is 5. The first-order chi connectivity index (χ1) is 12.7. The quantitative estimate of drug-likeness (QED) is 0.695. The number of amides is 1. The third-order valence-corrected chi connectivity index (χ3v) is 5.28. The lowest BCUT2D eigenvalue weighted by atomic mass is 10.2. The van der Waals surface area contributed by atoms with Crippen LogP contribution in [0, 0.1) is 0 Å². The van der Waals surface area contributed by atoms with Gasteiger partial charge in [-0.05, 0) is 18.4 Å². The molecular formula is C19H20N4O2S. The summed E-state index contributed by atoms with van der Waals surface area (Å²) < 4.78 is 7.34. The van der Waals surface area contributed by atoms with E-state index in [1.165, 1.54) is 17.8 Å². The molecule has 0 aliphatic heterocycles. The monoisotopic (exact) mass is 368 g/mol. The van der Waals surface area contributed by atoms with E-state index in [0.29, 0.717) is 30.6 Å². The summed E-state index contributed by atoms with van der Waals surface area (Å²) in [6, 6.07) is 11.5. The highest BCUT2D eigenvalue weighted by Crippen LogP contribution is 2.41. The number of benzene rings is 1. The molecule has 2 aromatic heterocycles. The van der Waals surface area contributed by atoms with Crippen LogP contribution in [0.1, 0.15) is 45.5 Å². The summed E-state index contributed by atoms with van der Waals surface area (Å²) in [7, 11) is 1.76. The van der Waals surface area contributed by atoms with E-state index in [9.17, 15) is 4.79 Å². The molecule has 0 saturated heterocycles. The molecule has 4 rings (SSSR count). The Bertz CT molecular complexity index is 899. The molecule has 6 nitrogen and oxygen atoms in total. The molecule has 1 fully saturated rings. The molecule has 1 aromatic carbocycles. The second kappa shape index (κ2) is 7.29. The maximum absolute atomic E-state index is 12.3. The first-order valence-corrected chi connectivity index (χ1v) is 9.50. The molecule has 0 atom stereocenters. The maximum atomic E-state index is 12.3. The average Bonchev–Trinajstić information content (AvgIpc) is 3.29. The zero-order valence-corrected chi connectivity index (χ0v) is 15.3. The van der Waals surface area contributed by atoms with Crippen molar-refractivity contribution >= 4 is 17.2 Å². The molecule has 1 amide bonds. The Labute approximate surface area is 155 Å². The number of carbonyl (C=O) groups excluding carboxylic acids is 1. The number of carbonyl (C=O) groups is 1. The Kier molecular flexibility index (Phi) is 4.71. The van der Waals surface area contributed by atoms with Gasteiger partial charge >= 0.3 is 0 Å². The molecule has 0 radical (unpaired) electrons. The van der Waals surface area contributed by atoms with E-state index in [-0.39, 0.29) is 5.91 Å². The molecule has 0 unspecified atom stereocenters. The molecule has 1 N–H and O–H groups in total. The first kappa shape index (κ1) is 16.8. The van der Waals surface area contributed by atoms with Gasteiger partial charge in [-0.15, -0.1) is 11.3 Å². The van der Waals surface area contributed by atoms with E-state index in [1.54, 1.807) is 29.1 Å². The number of ether oxygens (including phenoxy) is 1. The van der Waals surface area contributed by atoms with Crippen LogP contribution in [0.15, 0.2) is 41.8 Å². The fourth-order valence-corrected chi connectivity index (χ4v) is 3.60. The molecule has 26 heavy (non-hydrogen) atoms. The molecule has 2 heterocycles. The number of thiazole rings is 1. The molecule has 134 valence electrons. The van der Waals surface area contributed by atoms with Gasteiger partial charge in [0.05, 0.1) is 17.2 Å². The van der Waals surface area contributed by atoms with Gasteiger partial charge < -0.3 is 10.1 Å². The van der Waals surface area contributed by atoms with Crippen LogP contribution in [-0.2, 0) is 20.2 Å². The van der Waals surface area contributed by atoms with Crippen LogP contribution in [-0.4, -0.2) is 20.7 Å². The average molecular weight is 368 g/mol. The second-order valence-corrected chi connectivity index (χ2v) is 7.29. The van der Waals surface area contributed by atoms with Gasteiger partial charge in [0.25, 0.3) is 5.91 Å². The van der Waals surface area contributed by atoms with Crippen molar-refractivity contribution in [2.45, 2.75) is 31.9 Å². The van der Waals surface area contributed by atoms with Gasteiger partial charge in [-0.3, -0.25) is 4.79 Å². The zero-order valence-electron chi connectivity index (χ0n) is 14.5. The largest absolute Gasteiger partial charge is 0.473 e. The highest BCUT2D eigenvalue weighted by Gasteiger charge is 2.26. The van der Waals surface area contributed by atoms with Gasteiger partial charge in [0.15, 0.2) is 5.69 Å². The molecule has 7 heteroatoms. The molecular weight excluding hydrogens is 348 g/mol. The van der Waals surface area contributed by atoms with Crippen molar-refractivity contribution < 1.29 is 9.53 Å². The molecule has 3 aromatic rings. The van der Waals surface area contributed by atoms with Crippen molar-refractivity contribution in [1.82, 2.24) is 20.1 Å². The third kappa shape index (κ3) is 3.94. The summed E-state index contributed by atoms with van der Waals surface area (Å²) in [6.45, 7) is 0.850. The minimum absolute atomic E-state index is 0.226. The molecule has 1 saturated carbocycles. The highest BCUT2D eigenvalue weighted by molar-refractivity contribution is 7.09. The Hall–Kier alpha value is -2.67. The fraction of sp³-hybridized carbons (Fsp3) is 0.316. The number of rotatable bonds is 7. The van der Waals surface area contributed by atoms with Crippen LogP contribution in [0.25, 0.3) is 0 Å². The predicted octanol–water partition coefficient (Wildman–Crippen LogP) is 3.26. The SMILES string of the molecule is Cn1nc(C(=O)NCc2csc(C3CC3)n2)cc1OCc1ccccc1. The minimum atomic E-state index is -0.226. The summed E-state index contributed by atoms with van der Waals surface area (Å²) in [6.07, 6.45) is 2.47. The van der Waals surface area contributed by atoms with Crippen LogP contribution < -0.4 is 10.1 Å². The summed E-state index contributed by atoms with van der Waals surface area (Å²) in [5.41, 5.74) is 2.31. The van der Waals surface area contributed by atoms with Crippen LogP contribution in [0.3, 0.4) is 0 Å². The number of nitrogens with one attached hydrogen (secondary N) is 1. The lowest BCUT2D eigenvalue weighted by molar-refractivity contribution is 0.0944. The van der Waals surface area contributed by atoms with E-state index in [1.807, 2.05) is 35.7 Å². The molecule has 0 spiro atoms. The standard InChI is InChI=1S/C19H20N4O2S/c1-23-17(25-11-13-5-3-2-4-6-13)9-16(22-23)18(24)20-10-15-12-26-19(21-15)14-7-8-14/h2-6,9,12,14H,7-8,10-11H2,1H3,(H,20,24). The van der Waals surface area contributed by atoms with E-state index in [0.717, 1.165) is 11.3 Å². The number of nitrogens with zero attached hydrogens (tertiary/aromatic N) is 3. The topological polar surface area (TPSA) is 69.0 Å². The van der Waals surface area contributed by atoms with Crippen LogP contribution in [0.4, 0.5) is 0 Å². The number of aryl methyl sites for hydroxylation is 1. The Morgan fingerprint density at radius 2 is 2.15 bits per heavy atom. The van der Waals surface area contributed by atoms with E-state index >= 15 is 0 Å². The van der Waals surface area contributed by atoms with E-state index in [4.69, 9.17) is 4.74 Å². The minimum Gasteiger partial charge on any atom is -0.473 e. The van der Waals surface area contributed by atoms with E-state index < -0.39 is 0 Å². The number of aromatic nitrogens is 3. The van der Waals surface area contributed by atoms with Crippen LogP contribution >= 0.6 is 11.3 Å². The van der Waals surface area contributed by atoms with Gasteiger partial charge in [-0.25, -0.2) is 9.67 Å². The van der Waals surface area contributed by atoms with Gasteiger partial charge in [-0.2, -0.15) is 5.10 Å². The van der Waals surface area contributed by atoms with Crippen molar-refractivity contribution in [2.24, 2.45) is 7.05 Å². The molecule has 0 bridgehead atoms. The van der Waals surface area contributed by atoms with E-state index in [2.05, 4.69) is 15.4 Å². The highest BCUT2D eigenvalue weighted by atomic mass is 32.1. The van der Waals surface area contributed by atoms with Crippen LogP contribution in [0.2, 0.25) is 0 Å². The van der Waals surface area contributed by atoms with Gasteiger partial charge in [0, 0.05) is 24.4 Å². The van der Waals surface area contributed by atoms with Crippen molar-refractivity contribution in [1.29, 1.82) is 0 Å². The summed E-state index contributed by atoms with van der Waals surface area (Å²) in [5.74, 6) is 0.976. The molecule has 1 aliphatic carbocycles. The predicted molar refractivity (Wildman–Crippen MR) is 99.2 cm³/mol.